The van der Waals surface area contributed by atoms with Gasteiger partial charge in [-0.25, -0.2) is 4.79 Å². The van der Waals surface area contributed by atoms with E-state index < -0.39 is 11.8 Å². The molecule has 0 saturated heterocycles. The van der Waals surface area contributed by atoms with E-state index in [9.17, 15) is 9.59 Å². The Morgan fingerprint density at radius 1 is 1.36 bits per heavy atom. The van der Waals surface area contributed by atoms with Crippen molar-refractivity contribution in [3.05, 3.63) is 21.7 Å². The minimum absolute atomic E-state index is 0.0803. The van der Waals surface area contributed by atoms with Crippen molar-refractivity contribution in [3.8, 4) is 11.5 Å². The molecular formula is C16H17BrO5. The molecule has 1 aliphatic heterocycles. The van der Waals surface area contributed by atoms with Crippen molar-refractivity contribution in [1.29, 1.82) is 0 Å². The van der Waals surface area contributed by atoms with Crippen LogP contribution in [0.15, 0.2) is 10.5 Å². The number of hydrogen-bond acceptors (Lipinski definition) is 5. The van der Waals surface area contributed by atoms with E-state index in [4.69, 9.17) is 14.2 Å². The zero-order chi connectivity index (χ0) is 15.9. The van der Waals surface area contributed by atoms with Crippen LogP contribution in [-0.2, 0) is 9.53 Å². The topological polar surface area (TPSA) is 61.8 Å². The number of rotatable bonds is 2. The maximum Gasteiger partial charge on any atom is 0.338 e. The van der Waals surface area contributed by atoms with Crippen LogP contribution in [0, 0.1) is 12.8 Å². The predicted octanol–water partition coefficient (Wildman–Crippen LogP) is 3.40. The smallest absolute Gasteiger partial charge is 0.338 e. The first-order chi connectivity index (χ1) is 10.5. The second-order valence-corrected chi connectivity index (χ2v) is 6.62. The fraction of sp³-hybridized carbons (Fsp3) is 0.500. The van der Waals surface area contributed by atoms with Gasteiger partial charge in [0.15, 0.2) is 11.5 Å². The summed E-state index contributed by atoms with van der Waals surface area (Å²) in [5.74, 6) is 0.157. The van der Waals surface area contributed by atoms with Crippen molar-refractivity contribution in [2.24, 2.45) is 5.92 Å². The van der Waals surface area contributed by atoms with Gasteiger partial charge < -0.3 is 19.0 Å². The molecule has 1 aromatic rings. The van der Waals surface area contributed by atoms with Gasteiger partial charge in [-0.05, 0) is 41.8 Å². The minimum Gasteiger partial charge on any atom is -0.465 e. The Balaban J connectivity index is 1.93. The molecule has 0 aromatic heterocycles. The van der Waals surface area contributed by atoms with Gasteiger partial charge in [0.05, 0.1) is 17.1 Å². The van der Waals surface area contributed by atoms with Crippen LogP contribution >= 0.6 is 15.9 Å². The standard InChI is InChI=1S/C16H17BrO5/c1-9-11(15(19)20-2)7-12(17)14-13(9)21-16(22-14)5-3-10(8-18)4-6-16/h7-8,10H,3-6H2,1-2H3. The highest BCUT2D eigenvalue weighted by atomic mass is 79.9. The quantitative estimate of drug-likeness (QED) is 0.591. The van der Waals surface area contributed by atoms with Crippen molar-refractivity contribution in [3.63, 3.8) is 0 Å². The molecule has 3 rings (SSSR count). The number of ether oxygens (including phenoxy) is 3. The van der Waals surface area contributed by atoms with Crippen LogP contribution < -0.4 is 9.47 Å². The predicted molar refractivity (Wildman–Crippen MR) is 82.2 cm³/mol. The molecule has 1 fully saturated rings. The zero-order valence-corrected chi connectivity index (χ0v) is 14.1. The number of hydrogen-bond donors (Lipinski definition) is 0. The average Bonchev–Trinajstić information content (AvgIpc) is 2.91. The molecule has 6 heteroatoms. The van der Waals surface area contributed by atoms with Crippen LogP contribution in [0.25, 0.3) is 0 Å². The van der Waals surface area contributed by atoms with E-state index in [0.29, 0.717) is 39.9 Å². The third kappa shape index (κ3) is 2.39. The summed E-state index contributed by atoms with van der Waals surface area (Å²) in [6.45, 7) is 1.82. The van der Waals surface area contributed by atoms with Crippen LogP contribution in [-0.4, -0.2) is 25.2 Å². The second-order valence-electron chi connectivity index (χ2n) is 5.77. The summed E-state index contributed by atoms with van der Waals surface area (Å²) in [6, 6.07) is 1.69. The van der Waals surface area contributed by atoms with Gasteiger partial charge in [-0.1, -0.05) is 0 Å². The Morgan fingerprint density at radius 3 is 2.59 bits per heavy atom. The van der Waals surface area contributed by atoms with Gasteiger partial charge >= 0.3 is 5.97 Å². The molecule has 1 heterocycles. The maximum absolute atomic E-state index is 11.9. The monoisotopic (exact) mass is 368 g/mol. The number of methoxy groups -OCH3 is 1. The molecule has 0 atom stereocenters. The number of aldehydes is 1. The Hall–Kier alpha value is -1.56. The number of carbonyl (C=O) groups is 2. The van der Waals surface area contributed by atoms with E-state index in [1.165, 1.54) is 7.11 Å². The summed E-state index contributed by atoms with van der Waals surface area (Å²) in [4.78, 5) is 22.8. The van der Waals surface area contributed by atoms with E-state index in [-0.39, 0.29) is 5.92 Å². The number of esters is 1. The van der Waals surface area contributed by atoms with E-state index in [1.807, 2.05) is 6.92 Å². The molecule has 1 aromatic carbocycles. The summed E-state index contributed by atoms with van der Waals surface area (Å²) >= 11 is 3.44. The van der Waals surface area contributed by atoms with E-state index in [1.54, 1.807) is 6.07 Å². The van der Waals surface area contributed by atoms with Crippen molar-refractivity contribution < 1.29 is 23.8 Å². The van der Waals surface area contributed by atoms with Gasteiger partial charge in [0.1, 0.15) is 6.29 Å². The molecule has 0 bridgehead atoms. The van der Waals surface area contributed by atoms with Gasteiger partial charge in [0, 0.05) is 24.3 Å². The molecule has 5 nitrogen and oxygen atoms in total. The molecule has 0 unspecified atom stereocenters. The first-order valence-electron chi connectivity index (χ1n) is 7.24. The molecule has 118 valence electrons. The fourth-order valence-electron chi connectivity index (χ4n) is 3.05. The van der Waals surface area contributed by atoms with E-state index in [0.717, 1.165) is 19.1 Å². The second kappa shape index (κ2) is 5.57. The van der Waals surface area contributed by atoms with Crippen LogP contribution in [0.5, 0.6) is 11.5 Å². The van der Waals surface area contributed by atoms with Crippen LogP contribution in [0.3, 0.4) is 0 Å². The molecule has 0 N–H and O–H groups in total. The Labute approximate surface area is 137 Å². The van der Waals surface area contributed by atoms with Gasteiger partial charge in [-0.2, -0.15) is 0 Å². The average molecular weight is 369 g/mol. The summed E-state index contributed by atoms with van der Waals surface area (Å²) in [6.07, 6.45) is 3.82. The summed E-state index contributed by atoms with van der Waals surface area (Å²) in [5, 5.41) is 0. The lowest BCUT2D eigenvalue weighted by molar-refractivity contribution is -0.126. The molecule has 1 saturated carbocycles. The number of halogens is 1. The SMILES string of the molecule is COC(=O)c1cc(Br)c2c(c1C)OC1(CCC(C=O)CC1)O2. The third-order valence-electron chi connectivity index (χ3n) is 4.40. The summed E-state index contributed by atoms with van der Waals surface area (Å²) in [5.41, 5.74) is 1.16. The maximum atomic E-state index is 11.9. The van der Waals surface area contributed by atoms with Gasteiger partial charge in [0.2, 0.25) is 0 Å². The lowest BCUT2D eigenvalue weighted by Crippen LogP contribution is -2.42. The largest absolute Gasteiger partial charge is 0.465 e. The summed E-state index contributed by atoms with van der Waals surface area (Å²) in [7, 11) is 1.35. The van der Waals surface area contributed by atoms with Gasteiger partial charge in [0.25, 0.3) is 5.79 Å². The molecule has 0 radical (unpaired) electrons. The Kier molecular flexibility index (Phi) is 3.89. The molecule has 1 spiro atoms. The zero-order valence-electron chi connectivity index (χ0n) is 12.5. The molecule has 22 heavy (non-hydrogen) atoms. The summed E-state index contributed by atoms with van der Waals surface area (Å²) < 4.78 is 17.6. The number of benzene rings is 1. The molecule has 2 aliphatic rings. The van der Waals surface area contributed by atoms with Crippen molar-refractivity contribution in [2.75, 3.05) is 7.11 Å². The highest BCUT2D eigenvalue weighted by Gasteiger charge is 2.46. The van der Waals surface area contributed by atoms with Crippen LogP contribution in [0.2, 0.25) is 0 Å². The van der Waals surface area contributed by atoms with Gasteiger partial charge in [-0.3, -0.25) is 0 Å². The van der Waals surface area contributed by atoms with E-state index in [2.05, 4.69) is 15.9 Å². The van der Waals surface area contributed by atoms with Crippen LogP contribution in [0.4, 0.5) is 0 Å². The lowest BCUT2D eigenvalue weighted by Gasteiger charge is -2.33. The Morgan fingerprint density at radius 2 is 2.00 bits per heavy atom. The van der Waals surface area contributed by atoms with Crippen molar-refractivity contribution in [2.45, 2.75) is 38.4 Å². The first-order valence-corrected chi connectivity index (χ1v) is 8.03. The molecule has 0 amide bonds. The van der Waals surface area contributed by atoms with Crippen LogP contribution in [0.1, 0.15) is 41.6 Å². The fourth-order valence-corrected chi connectivity index (χ4v) is 3.54. The minimum atomic E-state index is -0.718. The van der Waals surface area contributed by atoms with E-state index >= 15 is 0 Å². The normalized spacial score (nSPS) is 26.0. The number of carbonyl (C=O) groups excluding carboxylic acids is 2. The first kappa shape index (κ1) is 15.3. The van der Waals surface area contributed by atoms with Crippen molar-refractivity contribution in [1.82, 2.24) is 0 Å². The highest BCUT2D eigenvalue weighted by Crippen LogP contribution is 2.51. The third-order valence-corrected chi connectivity index (χ3v) is 4.99. The Bertz CT molecular complexity index is 632. The molecular weight excluding hydrogens is 352 g/mol. The number of fused-ring (bicyclic) bond motifs is 1. The highest BCUT2D eigenvalue weighted by molar-refractivity contribution is 9.10. The van der Waals surface area contributed by atoms with Gasteiger partial charge in [-0.15, -0.1) is 0 Å². The lowest BCUT2D eigenvalue weighted by atomic mass is 9.86. The van der Waals surface area contributed by atoms with Crippen molar-refractivity contribution >= 4 is 28.2 Å². The molecule has 1 aliphatic carbocycles.